The number of carbonyl (C=O) groups excluding carboxylic acids is 1. The van der Waals surface area contributed by atoms with E-state index >= 15 is 0 Å². The molecule has 1 heterocycles. The molecule has 1 aliphatic rings. The Bertz CT molecular complexity index is 593. The van der Waals surface area contributed by atoms with Gasteiger partial charge in [-0.15, -0.1) is 0 Å². The monoisotopic (exact) mass is 325 g/mol. The molecule has 22 heavy (non-hydrogen) atoms. The summed E-state index contributed by atoms with van der Waals surface area (Å²) in [5.74, 6) is 0. The molecule has 0 bridgehead atoms. The molecule has 1 aromatic rings. The molecule has 7 heteroatoms. The number of hydrogen-bond donors (Lipinski definition) is 2. The van der Waals surface area contributed by atoms with Gasteiger partial charge in [-0.05, 0) is 38.3 Å². The number of benzene rings is 1. The first-order valence-corrected chi connectivity index (χ1v) is 9.06. The lowest BCUT2D eigenvalue weighted by Crippen LogP contribution is -2.45. The van der Waals surface area contributed by atoms with Gasteiger partial charge in [0.2, 0.25) is 10.0 Å². The summed E-state index contributed by atoms with van der Waals surface area (Å²) in [6.07, 6.45) is 3.24. The maximum absolute atomic E-state index is 12.1. The average molecular weight is 325 g/mol. The molecule has 6 nitrogen and oxygen atoms in total. The number of likely N-dealkylation sites (tertiary alicyclic amines) is 1. The molecule has 2 N–H and O–H groups in total. The number of urea groups is 1. The van der Waals surface area contributed by atoms with E-state index in [1.165, 1.54) is 6.42 Å². The first kappa shape index (κ1) is 16.8. The van der Waals surface area contributed by atoms with Crippen LogP contribution in [0.15, 0.2) is 29.2 Å². The van der Waals surface area contributed by atoms with E-state index in [1.807, 2.05) is 6.92 Å². The fourth-order valence-electron chi connectivity index (χ4n) is 2.36. The van der Waals surface area contributed by atoms with Crippen molar-refractivity contribution in [1.82, 2.24) is 14.9 Å². The van der Waals surface area contributed by atoms with Crippen LogP contribution < -0.4 is 10.0 Å². The molecule has 2 rings (SSSR count). The van der Waals surface area contributed by atoms with Crippen LogP contribution in [0.25, 0.3) is 0 Å². The summed E-state index contributed by atoms with van der Waals surface area (Å²) in [6.45, 7) is 3.91. The summed E-state index contributed by atoms with van der Waals surface area (Å²) in [5, 5.41) is 2.75. The molecule has 0 aromatic heterocycles. The molecule has 0 spiro atoms. The topological polar surface area (TPSA) is 78.5 Å². The van der Waals surface area contributed by atoms with Gasteiger partial charge in [-0.2, -0.15) is 0 Å². The second-order valence-electron chi connectivity index (χ2n) is 5.49. The van der Waals surface area contributed by atoms with Gasteiger partial charge < -0.3 is 10.2 Å². The predicted octanol–water partition coefficient (Wildman–Crippen LogP) is 1.47. The summed E-state index contributed by atoms with van der Waals surface area (Å²) in [7, 11) is -3.51. The fraction of sp³-hybridized carbons (Fsp3) is 0.533. The standard InChI is InChI=1S/C15H23N3O3S/c1-13-5-7-14(8-6-13)22(20,21)17-10-9-16-15(19)18-11-3-2-4-12-18/h5-8,17H,2-4,9-12H2,1H3,(H,16,19). The normalized spacial score (nSPS) is 15.6. The van der Waals surface area contributed by atoms with Crippen LogP contribution in [0.4, 0.5) is 4.79 Å². The largest absolute Gasteiger partial charge is 0.337 e. The molecule has 0 aliphatic carbocycles. The predicted molar refractivity (Wildman–Crippen MR) is 85.2 cm³/mol. The Morgan fingerprint density at radius 3 is 2.36 bits per heavy atom. The Balaban J connectivity index is 1.75. The van der Waals surface area contributed by atoms with Crippen LogP contribution in [-0.4, -0.2) is 45.5 Å². The molecular weight excluding hydrogens is 302 g/mol. The van der Waals surface area contributed by atoms with Crippen LogP contribution in [0.3, 0.4) is 0 Å². The minimum absolute atomic E-state index is 0.116. The number of amides is 2. The Labute approximate surface area is 131 Å². The molecule has 0 atom stereocenters. The fourth-order valence-corrected chi connectivity index (χ4v) is 3.40. The van der Waals surface area contributed by atoms with Crippen molar-refractivity contribution in [1.29, 1.82) is 0 Å². The highest BCUT2D eigenvalue weighted by atomic mass is 32.2. The van der Waals surface area contributed by atoms with Crippen LogP contribution in [0.5, 0.6) is 0 Å². The van der Waals surface area contributed by atoms with E-state index in [0.29, 0.717) is 0 Å². The van der Waals surface area contributed by atoms with Crippen molar-refractivity contribution in [2.45, 2.75) is 31.1 Å². The van der Waals surface area contributed by atoms with Gasteiger partial charge in [0.1, 0.15) is 0 Å². The van der Waals surface area contributed by atoms with E-state index in [2.05, 4.69) is 10.0 Å². The van der Waals surface area contributed by atoms with Gasteiger partial charge in [-0.1, -0.05) is 17.7 Å². The Morgan fingerprint density at radius 1 is 1.09 bits per heavy atom. The number of sulfonamides is 1. The van der Waals surface area contributed by atoms with Gasteiger partial charge in [0.15, 0.2) is 0 Å². The molecule has 0 unspecified atom stereocenters. The summed E-state index contributed by atoms with van der Waals surface area (Å²) >= 11 is 0. The maximum Gasteiger partial charge on any atom is 0.317 e. The van der Waals surface area contributed by atoms with Crippen LogP contribution in [0.1, 0.15) is 24.8 Å². The summed E-state index contributed by atoms with van der Waals surface area (Å²) in [4.78, 5) is 13.9. The summed E-state index contributed by atoms with van der Waals surface area (Å²) in [6, 6.07) is 6.54. The molecule has 0 radical (unpaired) electrons. The number of carbonyl (C=O) groups is 1. The molecule has 1 saturated heterocycles. The number of nitrogens with zero attached hydrogens (tertiary/aromatic N) is 1. The zero-order valence-electron chi connectivity index (χ0n) is 12.8. The lowest BCUT2D eigenvalue weighted by molar-refractivity contribution is 0.186. The molecule has 2 amide bonds. The summed E-state index contributed by atoms with van der Waals surface area (Å²) < 4.78 is 26.6. The lowest BCUT2D eigenvalue weighted by atomic mass is 10.1. The van der Waals surface area contributed by atoms with Crippen molar-refractivity contribution in [3.63, 3.8) is 0 Å². The van der Waals surface area contributed by atoms with Gasteiger partial charge >= 0.3 is 6.03 Å². The number of piperidine rings is 1. The smallest absolute Gasteiger partial charge is 0.317 e. The quantitative estimate of drug-likeness (QED) is 0.805. The van der Waals surface area contributed by atoms with Gasteiger partial charge in [-0.3, -0.25) is 0 Å². The highest BCUT2D eigenvalue weighted by Crippen LogP contribution is 2.10. The minimum Gasteiger partial charge on any atom is -0.337 e. The minimum atomic E-state index is -3.51. The molecule has 122 valence electrons. The number of aryl methyl sites for hydroxylation is 1. The highest BCUT2D eigenvalue weighted by molar-refractivity contribution is 7.89. The second-order valence-corrected chi connectivity index (χ2v) is 7.26. The first-order chi connectivity index (χ1) is 10.5. The third-order valence-corrected chi connectivity index (χ3v) is 5.14. The van der Waals surface area contributed by atoms with E-state index in [4.69, 9.17) is 0 Å². The van der Waals surface area contributed by atoms with Crippen molar-refractivity contribution in [3.05, 3.63) is 29.8 Å². The highest BCUT2D eigenvalue weighted by Gasteiger charge is 2.16. The van der Waals surface area contributed by atoms with E-state index in [9.17, 15) is 13.2 Å². The van der Waals surface area contributed by atoms with Crippen LogP contribution >= 0.6 is 0 Å². The zero-order chi connectivity index (χ0) is 16.0. The number of rotatable bonds is 5. The Morgan fingerprint density at radius 2 is 1.73 bits per heavy atom. The van der Waals surface area contributed by atoms with Crippen molar-refractivity contribution in [3.8, 4) is 0 Å². The Kier molecular flexibility index (Phi) is 5.79. The molecular formula is C15H23N3O3S. The Hall–Kier alpha value is -1.60. The van der Waals surface area contributed by atoms with Gasteiger partial charge in [0.25, 0.3) is 0 Å². The van der Waals surface area contributed by atoms with Crippen LogP contribution in [0.2, 0.25) is 0 Å². The average Bonchev–Trinajstić information content (AvgIpc) is 2.52. The lowest BCUT2D eigenvalue weighted by Gasteiger charge is -2.26. The molecule has 0 saturated carbocycles. The number of nitrogens with one attached hydrogen (secondary N) is 2. The third kappa shape index (κ3) is 4.71. The first-order valence-electron chi connectivity index (χ1n) is 7.58. The third-order valence-electron chi connectivity index (χ3n) is 3.67. The maximum atomic E-state index is 12.1. The van der Waals surface area contributed by atoms with Crippen molar-refractivity contribution < 1.29 is 13.2 Å². The SMILES string of the molecule is Cc1ccc(S(=O)(=O)NCCNC(=O)N2CCCCC2)cc1. The summed E-state index contributed by atoms with van der Waals surface area (Å²) in [5.41, 5.74) is 1.01. The van der Waals surface area contributed by atoms with Gasteiger partial charge in [-0.25, -0.2) is 17.9 Å². The van der Waals surface area contributed by atoms with E-state index in [1.54, 1.807) is 29.2 Å². The van der Waals surface area contributed by atoms with Gasteiger partial charge in [0, 0.05) is 26.2 Å². The molecule has 1 fully saturated rings. The van der Waals surface area contributed by atoms with E-state index < -0.39 is 10.0 Å². The van der Waals surface area contributed by atoms with Crippen molar-refractivity contribution in [2.75, 3.05) is 26.2 Å². The van der Waals surface area contributed by atoms with Crippen molar-refractivity contribution in [2.24, 2.45) is 0 Å². The van der Waals surface area contributed by atoms with Gasteiger partial charge in [0.05, 0.1) is 4.90 Å². The molecule has 1 aliphatic heterocycles. The van der Waals surface area contributed by atoms with Crippen LogP contribution in [-0.2, 0) is 10.0 Å². The zero-order valence-corrected chi connectivity index (χ0v) is 13.7. The van der Waals surface area contributed by atoms with E-state index in [0.717, 1.165) is 31.5 Å². The van der Waals surface area contributed by atoms with Crippen LogP contribution in [0, 0.1) is 6.92 Å². The second kappa shape index (κ2) is 7.60. The molecule has 1 aromatic carbocycles. The van der Waals surface area contributed by atoms with E-state index in [-0.39, 0.29) is 24.0 Å². The van der Waals surface area contributed by atoms with Crippen molar-refractivity contribution >= 4 is 16.1 Å². The number of hydrogen-bond acceptors (Lipinski definition) is 3.